The Morgan fingerprint density at radius 2 is 1.97 bits per heavy atom. The standard InChI is InChI=1S/C23H22BrFN2O3/c1-29-21-11-16(10-17(13-26)23(28)27-19-4-2-3-5-19)20(24)12-22(21)30-14-15-6-8-18(25)9-7-15/h6-12,19H,2-5,14H2,1H3,(H,27,28)/b17-10-. The van der Waals surface area contributed by atoms with E-state index < -0.39 is 0 Å². The highest BCUT2D eigenvalue weighted by molar-refractivity contribution is 9.10. The van der Waals surface area contributed by atoms with E-state index >= 15 is 0 Å². The number of benzene rings is 2. The molecule has 0 spiro atoms. The Bertz CT molecular complexity index is 977. The van der Waals surface area contributed by atoms with Gasteiger partial charge in [0.05, 0.1) is 7.11 Å². The van der Waals surface area contributed by atoms with Crippen LogP contribution in [0.15, 0.2) is 46.4 Å². The van der Waals surface area contributed by atoms with Crippen LogP contribution >= 0.6 is 15.9 Å². The first-order valence-corrected chi connectivity index (χ1v) is 10.5. The molecule has 1 saturated carbocycles. The molecule has 2 aromatic carbocycles. The number of carbonyl (C=O) groups is 1. The molecule has 1 amide bonds. The van der Waals surface area contributed by atoms with E-state index in [4.69, 9.17) is 9.47 Å². The van der Waals surface area contributed by atoms with Gasteiger partial charge < -0.3 is 14.8 Å². The molecule has 0 saturated heterocycles. The number of methoxy groups -OCH3 is 1. The summed E-state index contributed by atoms with van der Waals surface area (Å²) >= 11 is 3.47. The zero-order chi connectivity index (χ0) is 21.5. The van der Waals surface area contributed by atoms with Crippen LogP contribution in [0.4, 0.5) is 4.39 Å². The number of nitriles is 1. The maximum atomic E-state index is 13.0. The number of rotatable bonds is 7. The van der Waals surface area contributed by atoms with Gasteiger partial charge in [-0.3, -0.25) is 4.79 Å². The van der Waals surface area contributed by atoms with Crippen molar-refractivity contribution in [2.75, 3.05) is 7.11 Å². The van der Waals surface area contributed by atoms with Gasteiger partial charge in [0.2, 0.25) is 0 Å². The predicted molar refractivity (Wildman–Crippen MR) is 115 cm³/mol. The van der Waals surface area contributed by atoms with Crippen LogP contribution in [0.2, 0.25) is 0 Å². The first-order chi connectivity index (χ1) is 14.5. The third kappa shape index (κ3) is 5.61. The SMILES string of the molecule is COc1cc(/C=C(/C#N)C(=O)NC2CCCC2)c(Br)cc1OCc1ccc(F)cc1. The lowest BCUT2D eigenvalue weighted by atomic mass is 10.1. The number of hydrogen-bond donors (Lipinski definition) is 1. The molecule has 5 nitrogen and oxygen atoms in total. The molecule has 0 heterocycles. The molecule has 7 heteroatoms. The van der Waals surface area contributed by atoms with Gasteiger partial charge in [0, 0.05) is 10.5 Å². The van der Waals surface area contributed by atoms with Gasteiger partial charge in [0.15, 0.2) is 11.5 Å². The molecular weight excluding hydrogens is 451 g/mol. The molecule has 1 fully saturated rings. The van der Waals surface area contributed by atoms with E-state index in [1.54, 1.807) is 24.3 Å². The van der Waals surface area contributed by atoms with E-state index in [9.17, 15) is 14.4 Å². The van der Waals surface area contributed by atoms with Crippen molar-refractivity contribution >= 4 is 27.9 Å². The normalized spacial score (nSPS) is 14.3. The molecule has 3 rings (SSSR count). The van der Waals surface area contributed by atoms with Crippen LogP contribution in [0.1, 0.15) is 36.8 Å². The molecule has 156 valence electrons. The minimum Gasteiger partial charge on any atom is -0.493 e. The molecule has 0 radical (unpaired) electrons. The summed E-state index contributed by atoms with van der Waals surface area (Å²) in [6.45, 7) is 0.242. The van der Waals surface area contributed by atoms with Crippen molar-refractivity contribution in [1.82, 2.24) is 5.32 Å². The summed E-state index contributed by atoms with van der Waals surface area (Å²) in [6.07, 6.45) is 5.61. The van der Waals surface area contributed by atoms with Crippen molar-refractivity contribution in [2.24, 2.45) is 0 Å². The second kappa shape index (κ2) is 10.3. The van der Waals surface area contributed by atoms with E-state index in [1.165, 1.54) is 25.3 Å². The molecule has 1 N–H and O–H groups in total. The molecule has 0 atom stereocenters. The van der Waals surface area contributed by atoms with Crippen LogP contribution in [0, 0.1) is 17.1 Å². The summed E-state index contributed by atoms with van der Waals surface area (Å²) in [4.78, 5) is 12.5. The molecule has 0 bridgehead atoms. The third-order valence-electron chi connectivity index (χ3n) is 4.95. The lowest BCUT2D eigenvalue weighted by molar-refractivity contribution is -0.117. The molecule has 2 aromatic rings. The Morgan fingerprint density at radius 3 is 2.60 bits per heavy atom. The molecule has 1 aliphatic rings. The van der Waals surface area contributed by atoms with Crippen molar-refractivity contribution in [3.8, 4) is 17.6 Å². The van der Waals surface area contributed by atoms with Gasteiger partial charge in [-0.05, 0) is 54.3 Å². The minimum atomic E-state index is -0.369. The smallest absolute Gasteiger partial charge is 0.262 e. The van der Waals surface area contributed by atoms with Crippen molar-refractivity contribution in [1.29, 1.82) is 5.26 Å². The van der Waals surface area contributed by atoms with Gasteiger partial charge >= 0.3 is 0 Å². The van der Waals surface area contributed by atoms with Crippen molar-refractivity contribution in [3.63, 3.8) is 0 Å². The Morgan fingerprint density at radius 1 is 1.27 bits per heavy atom. The topological polar surface area (TPSA) is 71.3 Å². The fraction of sp³-hybridized carbons (Fsp3) is 0.304. The van der Waals surface area contributed by atoms with Crippen LogP contribution < -0.4 is 14.8 Å². The number of halogens is 2. The van der Waals surface area contributed by atoms with Crippen molar-refractivity contribution < 1.29 is 18.7 Å². The Kier molecular flexibility index (Phi) is 7.47. The molecule has 1 aliphatic carbocycles. The van der Waals surface area contributed by atoms with Crippen molar-refractivity contribution in [3.05, 3.63) is 63.4 Å². The second-order valence-electron chi connectivity index (χ2n) is 7.06. The van der Waals surface area contributed by atoms with Crippen LogP contribution in [-0.2, 0) is 11.4 Å². The van der Waals surface area contributed by atoms with Crippen molar-refractivity contribution in [2.45, 2.75) is 38.3 Å². The summed E-state index contributed by atoms with van der Waals surface area (Å²) in [5.41, 5.74) is 1.47. The molecule has 0 aromatic heterocycles. The van der Waals surface area contributed by atoms with E-state index in [-0.39, 0.29) is 29.9 Å². The largest absolute Gasteiger partial charge is 0.493 e. The number of amides is 1. The lowest BCUT2D eigenvalue weighted by Gasteiger charge is -2.14. The Balaban J connectivity index is 1.77. The summed E-state index contributed by atoms with van der Waals surface area (Å²) in [5, 5.41) is 12.4. The summed E-state index contributed by atoms with van der Waals surface area (Å²) in [7, 11) is 1.51. The third-order valence-corrected chi connectivity index (χ3v) is 5.63. The van der Waals surface area contributed by atoms with E-state index in [0.29, 0.717) is 21.5 Å². The zero-order valence-electron chi connectivity index (χ0n) is 16.6. The monoisotopic (exact) mass is 472 g/mol. The Hall–Kier alpha value is -2.85. The number of nitrogens with one attached hydrogen (secondary N) is 1. The van der Waals surface area contributed by atoms with Crippen LogP contribution in [0.25, 0.3) is 6.08 Å². The highest BCUT2D eigenvalue weighted by Gasteiger charge is 2.20. The quantitative estimate of drug-likeness (QED) is 0.447. The van der Waals surface area contributed by atoms with Gasteiger partial charge in [-0.1, -0.05) is 40.9 Å². The highest BCUT2D eigenvalue weighted by atomic mass is 79.9. The number of ether oxygens (including phenoxy) is 2. The van der Waals surface area contributed by atoms with E-state index in [1.807, 2.05) is 6.07 Å². The van der Waals surface area contributed by atoms with E-state index in [0.717, 1.165) is 31.2 Å². The van der Waals surface area contributed by atoms with Gasteiger partial charge in [-0.15, -0.1) is 0 Å². The first-order valence-electron chi connectivity index (χ1n) is 9.67. The first kappa shape index (κ1) is 21.8. The summed E-state index contributed by atoms with van der Waals surface area (Å²) in [5.74, 6) is 0.271. The fourth-order valence-electron chi connectivity index (χ4n) is 3.31. The Labute approximate surface area is 183 Å². The van der Waals surface area contributed by atoms with Gasteiger partial charge in [-0.25, -0.2) is 4.39 Å². The number of carbonyl (C=O) groups excluding carboxylic acids is 1. The van der Waals surface area contributed by atoms with Crippen LogP contribution in [-0.4, -0.2) is 19.1 Å². The van der Waals surface area contributed by atoms with Gasteiger partial charge in [0.25, 0.3) is 5.91 Å². The average Bonchev–Trinajstić information content (AvgIpc) is 3.25. The predicted octanol–water partition coefficient (Wildman–Crippen LogP) is 5.14. The summed E-state index contributed by atoms with van der Waals surface area (Å²) in [6, 6.07) is 11.6. The maximum absolute atomic E-state index is 13.0. The number of hydrogen-bond acceptors (Lipinski definition) is 4. The average molecular weight is 473 g/mol. The fourth-order valence-corrected chi connectivity index (χ4v) is 3.75. The molecule has 0 aliphatic heterocycles. The molecule has 30 heavy (non-hydrogen) atoms. The minimum absolute atomic E-state index is 0.0321. The second-order valence-corrected chi connectivity index (χ2v) is 7.92. The maximum Gasteiger partial charge on any atom is 0.262 e. The van der Waals surface area contributed by atoms with Crippen LogP contribution in [0.3, 0.4) is 0 Å². The van der Waals surface area contributed by atoms with Gasteiger partial charge in [-0.2, -0.15) is 5.26 Å². The lowest BCUT2D eigenvalue weighted by Crippen LogP contribution is -2.33. The van der Waals surface area contributed by atoms with E-state index in [2.05, 4.69) is 21.2 Å². The molecule has 0 unspecified atom stereocenters. The van der Waals surface area contributed by atoms with Gasteiger partial charge in [0.1, 0.15) is 24.1 Å². The molecular formula is C23H22BrFN2O3. The highest BCUT2D eigenvalue weighted by Crippen LogP contribution is 2.35. The van der Waals surface area contributed by atoms with Crippen LogP contribution in [0.5, 0.6) is 11.5 Å². The summed E-state index contributed by atoms with van der Waals surface area (Å²) < 4.78 is 24.9. The number of nitrogens with zero attached hydrogens (tertiary/aromatic N) is 1. The zero-order valence-corrected chi connectivity index (χ0v) is 18.2.